The summed E-state index contributed by atoms with van der Waals surface area (Å²) in [7, 11) is 0. The molecule has 2 aliphatic heterocycles. The minimum absolute atomic E-state index is 0.806. The molecule has 1 aromatic carbocycles. The molecule has 0 bridgehead atoms. The van der Waals surface area contributed by atoms with Crippen molar-refractivity contribution in [3.8, 4) is 5.75 Å². The first-order chi connectivity index (χ1) is 12.4. The van der Waals surface area contributed by atoms with Crippen LogP contribution in [0.15, 0.2) is 24.3 Å². The lowest BCUT2D eigenvalue weighted by Gasteiger charge is -2.27. The second kappa shape index (κ2) is 6.54. The number of hydrogen-bond donors (Lipinski definition) is 1. The molecule has 5 heteroatoms. The highest BCUT2D eigenvalue weighted by molar-refractivity contribution is 5.85. The molecule has 134 valence electrons. The summed E-state index contributed by atoms with van der Waals surface area (Å²) in [5.41, 5.74) is 1.17. The number of likely N-dealkylation sites (tertiary alicyclic amines) is 1. The maximum absolute atomic E-state index is 6.00. The van der Waals surface area contributed by atoms with Gasteiger partial charge in [0.05, 0.1) is 19.8 Å². The minimum Gasteiger partial charge on any atom is -0.494 e. The van der Waals surface area contributed by atoms with Gasteiger partial charge in [-0.25, -0.2) is 0 Å². The number of aromatic nitrogens is 1. The van der Waals surface area contributed by atoms with Crippen molar-refractivity contribution in [3.05, 3.63) is 24.3 Å². The van der Waals surface area contributed by atoms with E-state index in [0.29, 0.717) is 0 Å². The number of benzene rings is 1. The molecule has 3 heterocycles. The maximum Gasteiger partial charge on any atom is 0.120 e. The Kier molecular flexibility index (Phi) is 4.06. The molecule has 1 aromatic heterocycles. The quantitative estimate of drug-likeness (QED) is 0.820. The Morgan fingerprint density at radius 3 is 2.88 bits per heavy atom. The van der Waals surface area contributed by atoms with Crippen molar-refractivity contribution in [1.29, 1.82) is 0 Å². The van der Waals surface area contributed by atoms with Crippen molar-refractivity contribution in [3.63, 3.8) is 0 Å². The number of piperidine rings is 1. The van der Waals surface area contributed by atoms with Gasteiger partial charge >= 0.3 is 0 Å². The summed E-state index contributed by atoms with van der Waals surface area (Å²) in [6.45, 7) is 6.82. The highest BCUT2D eigenvalue weighted by Gasteiger charge is 2.46. The van der Waals surface area contributed by atoms with Gasteiger partial charge in [0.2, 0.25) is 0 Å². The average Bonchev–Trinajstić information content (AvgIpc) is 3.13. The summed E-state index contributed by atoms with van der Waals surface area (Å²) in [5, 5.41) is 1.22. The van der Waals surface area contributed by atoms with E-state index in [1.807, 2.05) is 0 Å². The fourth-order valence-electron chi connectivity index (χ4n) is 4.38. The number of anilines is 1. The average molecular weight is 341 g/mol. The van der Waals surface area contributed by atoms with E-state index in [9.17, 15) is 0 Å². The summed E-state index contributed by atoms with van der Waals surface area (Å²) in [6, 6.07) is 9.50. The lowest BCUT2D eigenvalue weighted by atomic mass is 10.2. The number of nitrogens with one attached hydrogen (secondary N) is 1. The molecule has 1 aliphatic carbocycles. The van der Waals surface area contributed by atoms with Crippen LogP contribution in [0.1, 0.15) is 19.3 Å². The molecule has 2 unspecified atom stereocenters. The van der Waals surface area contributed by atoms with E-state index in [1.165, 1.54) is 42.7 Å². The van der Waals surface area contributed by atoms with Crippen molar-refractivity contribution < 1.29 is 9.47 Å². The van der Waals surface area contributed by atoms with Crippen molar-refractivity contribution in [1.82, 2.24) is 9.88 Å². The van der Waals surface area contributed by atoms with Crippen LogP contribution in [0.4, 0.5) is 5.82 Å². The Morgan fingerprint density at radius 2 is 2.08 bits per heavy atom. The Bertz CT molecular complexity index is 738. The Balaban J connectivity index is 1.17. The molecule has 2 saturated heterocycles. The number of fused-ring (bicyclic) bond motifs is 2. The normalized spacial score (nSPS) is 26.2. The van der Waals surface area contributed by atoms with Crippen LogP contribution < -0.4 is 9.64 Å². The molecular formula is C20H27N3O2. The van der Waals surface area contributed by atoms with E-state index < -0.39 is 0 Å². The first-order valence-corrected chi connectivity index (χ1v) is 9.69. The van der Waals surface area contributed by atoms with Crippen molar-refractivity contribution in [2.24, 2.45) is 5.92 Å². The smallest absolute Gasteiger partial charge is 0.120 e. The Hall–Kier alpha value is -1.72. The minimum atomic E-state index is 0.806. The molecule has 2 atom stereocenters. The maximum atomic E-state index is 6.00. The molecule has 1 saturated carbocycles. The van der Waals surface area contributed by atoms with Crippen LogP contribution in [0.25, 0.3) is 10.9 Å². The zero-order valence-electron chi connectivity index (χ0n) is 14.7. The van der Waals surface area contributed by atoms with Gasteiger partial charge in [0.15, 0.2) is 0 Å². The number of ether oxygens (including phenoxy) is 2. The SMILES string of the molecule is c1cc2[nH]c(N3CCOCC3)cc2cc1OCCCN1CCC2CC21. The zero-order valence-corrected chi connectivity index (χ0v) is 14.7. The third-order valence-corrected chi connectivity index (χ3v) is 5.93. The summed E-state index contributed by atoms with van der Waals surface area (Å²) in [4.78, 5) is 8.52. The molecular weight excluding hydrogens is 314 g/mol. The molecule has 0 spiro atoms. The van der Waals surface area contributed by atoms with Crippen LogP contribution in [0.3, 0.4) is 0 Å². The fourth-order valence-corrected chi connectivity index (χ4v) is 4.38. The molecule has 0 amide bonds. The van der Waals surface area contributed by atoms with E-state index in [0.717, 1.165) is 57.0 Å². The summed E-state index contributed by atoms with van der Waals surface area (Å²) >= 11 is 0. The Labute approximate surface area is 148 Å². The van der Waals surface area contributed by atoms with Gasteiger partial charge in [-0.05, 0) is 56.0 Å². The molecule has 5 nitrogen and oxygen atoms in total. The van der Waals surface area contributed by atoms with E-state index in [1.54, 1.807) is 0 Å². The molecule has 3 fully saturated rings. The monoisotopic (exact) mass is 341 g/mol. The first kappa shape index (κ1) is 15.5. The molecule has 3 aliphatic rings. The van der Waals surface area contributed by atoms with Gasteiger partial charge in [-0.2, -0.15) is 0 Å². The summed E-state index contributed by atoms with van der Waals surface area (Å²) in [5.74, 6) is 3.19. The third kappa shape index (κ3) is 3.23. The van der Waals surface area contributed by atoms with Crippen LogP contribution in [0.2, 0.25) is 0 Å². The van der Waals surface area contributed by atoms with Crippen LogP contribution in [0.5, 0.6) is 5.75 Å². The van der Waals surface area contributed by atoms with E-state index in [2.05, 4.69) is 39.0 Å². The Morgan fingerprint density at radius 1 is 1.16 bits per heavy atom. The lowest BCUT2D eigenvalue weighted by Crippen LogP contribution is -2.36. The van der Waals surface area contributed by atoms with Crippen LogP contribution in [-0.4, -0.2) is 61.9 Å². The highest BCUT2D eigenvalue weighted by Crippen LogP contribution is 2.44. The number of rotatable bonds is 6. The van der Waals surface area contributed by atoms with E-state index in [4.69, 9.17) is 9.47 Å². The van der Waals surface area contributed by atoms with E-state index in [-0.39, 0.29) is 0 Å². The molecule has 2 aromatic rings. The van der Waals surface area contributed by atoms with E-state index >= 15 is 0 Å². The largest absolute Gasteiger partial charge is 0.494 e. The standard InChI is InChI=1S/C20H27N3O2/c1(5-22-6-4-15-13-19(15)22)9-25-17-2-3-18-16(12-17)14-20(21-18)23-7-10-24-11-8-23/h2-3,12,14-15,19,21H,1,4-11,13H2. The van der Waals surface area contributed by atoms with Crippen LogP contribution >= 0.6 is 0 Å². The zero-order chi connectivity index (χ0) is 16.6. The van der Waals surface area contributed by atoms with Crippen molar-refractivity contribution in [2.45, 2.75) is 25.3 Å². The highest BCUT2D eigenvalue weighted by atomic mass is 16.5. The molecule has 0 radical (unpaired) electrons. The van der Waals surface area contributed by atoms with Gasteiger partial charge in [0, 0.05) is 36.6 Å². The van der Waals surface area contributed by atoms with Gasteiger partial charge in [-0.1, -0.05) is 0 Å². The summed E-state index contributed by atoms with van der Waals surface area (Å²) in [6.07, 6.45) is 3.98. The van der Waals surface area contributed by atoms with Gasteiger partial charge in [-0.3, -0.25) is 4.90 Å². The fraction of sp³-hybridized carbons (Fsp3) is 0.600. The number of H-pyrrole nitrogens is 1. The topological polar surface area (TPSA) is 40.7 Å². The first-order valence-electron chi connectivity index (χ1n) is 9.69. The number of nitrogens with zero attached hydrogens (tertiary/aromatic N) is 2. The molecule has 1 N–H and O–H groups in total. The molecule has 5 rings (SSSR count). The van der Waals surface area contributed by atoms with Gasteiger partial charge in [-0.15, -0.1) is 0 Å². The van der Waals surface area contributed by atoms with Gasteiger partial charge in [0.1, 0.15) is 11.6 Å². The molecule has 25 heavy (non-hydrogen) atoms. The van der Waals surface area contributed by atoms with Gasteiger partial charge in [0.25, 0.3) is 0 Å². The van der Waals surface area contributed by atoms with Gasteiger partial charge < -0.3 is 19.4 Å². The van der Waals surface area contributed by atoms with Crippen LogP contribution in [-0.2, 0) is 4.74 Å². The van der Waals surface area contributed by atoms with Crippen molar-refractivity contribution >= 4 is 16.7 Å². The summed E-state index contributed by atoms with van der Waals surface area (Å²) < 4.78 is 11.4. The second-order valence-electron chi connectivity index (χ2n) is 7.59. The van der Waals surface area contributed by atoms with Crippen molar-refractivity contribution in [2.75, 3.05) is 50.9 Å². The number of hydrogen-bond acceptors (Lipinski definition) is 4. The number of aromatic amines is 1. The second-order valence-corrected chi connectivity index (χ2v) is 7.59. The predicted molar refractivity (Wildman–Crippen MR) is 99.5 cm³/mol. The predicted octanol–water partition coefficient (Wildman–Crippen LogP) is 2.87. The van der Waals surface area contributed by atoms with Crippen LogP contribution in [0, 0.1) is 5.92 Å². The third-order valence-electron chi connectivity index (χ3n) is 5.93. The lowest BCUT2D eigenvalue weighted by molar-refractivity contribution is 0.122. The number of morpholine rings is 1.